The predicted octanol–water partition coefficient (Wildman–Crippen LogP) is 4.99. The summed E-state index contributed by atoms with van der Waals surface area (Å²) in [6, 6.07) is -0.819. The molecule has 7 atom stereocenters. The van der Waals surface area contributed by atoms with Crippen LogP contribution in [0.15, 0.2) is 36.5 Å². The van der Waals surface area contributed by atoms with Gasteiger partial charge in [0.1, 0.15) is 24.4 Å². The van der Waals surface area contributed by atoms with Crippen molar-refractivity contribution in [2.24, 2.45) is 0 Å². The number of nitrogens with one attached hydrogen (secondary N) is 1. The molecule has 7 unspecified atom stereocenters. The SMILES string of the molecule is CCCCCCC/C=C/CC/C=C/CC/C=C/C(O)C(COC1OC(CO)C(O)C(O)C1O)NC(=O)CCCCCCCC. The van der Waals surface area contributed by atoms with E-state index >= 15 is 0 Å². The largest absolute Gasteiger partial charge is 0.394 e. The Morgan fingerprint density at radius 3 is 1.91 bits per heavy atom. The van der Waals surface area contributed by atoms with Crippen molar-refractivity contribution < 1.29 is 39.8 Å². The van der Waals surface area contributed by atoms with Gasteiger partial charge in [-0.3, -0.25) is 4.79 Å². The second kappa shape index (κ2) is 26.6. The molecule has 1 aliphatic rings. The summed E-state index contributed by atoms with van der Waals surface area (Å²) in [6.45, 7) is 3.62. The molecule has 0 aromatic carbocycles. The smallest absolute Gasteiger partial charge is 0.220 e. The monoisotopic (exact) mass is 625 g/mol. The molecule has 1 fully saturated rings. The molecule has 6 N–H and O–H groups in total. The van der Waals surface area contributed by atoms with Crippen LogP contribution in [0.2, 0.25) is 0 Å². The van der Waals surface area contributed by atoms with Crippen LogP contribution in [0.3, 0.4) is 0 Å². The number of allylic oxidation sites excluding steroid dienone is 5. The normalized spacial score (nSPS) is 24.0. The fraction of sp³-hybridized carbons (Fsp3) is 0.800. The van der Waals surface area contributed by atoms with Gasteiger partial charge >= 0.3 is 0 Å². The van der Waals surface area contributed by atoms with Crippen molar-refractivity contribution in [2.45, 2.75) is 166 Å². The van der Waals surface area contributed by atoms with E-state index in [1.807, 2.05) is 6.08 Å². The van der Waals surface area contributed by atoms with Gasteiger partial charge in [-0.1, -0.05) is 108 Å². The second-order valence-corrected chi connectivity index (χ2v) is 11.9. The molecule has 9 nitrogen and oxygen atoms in total. The van der Waals surface area contributed by atoms with Gasteiger partial charge in [-0.15, -0.1) is 0 Å². The molecule has 0 aromatic heterocycles. The lowest BCUT2D eigenvalue weighted by Gasteiger charge is -2.40. The van der Waals surface area contributed by atoms with E-state index < -0.39 is 49.5 Å². The molecule has 0 radical (unpaired) electrons. The predicted molar refractivity (Wildman–Crippen MR) is 175 cm³/mol. The summed E-state index contributed by atoms with van der Waals surface area (Å²) in [4.78, 5) is 12.7. The molecule has 0 aromatic rings. The number of aliphatic hydroxyl groups is 5. The number of carbonyl (C=O) groups is 1. The lowest BCUT2D eigenvalue weighted by Crippen LogP contribution is -2.60. The fourth-order valence-corrected chi connectivity index (χ4v) is 5.07. The maximum Gasteiger partial charge on any atom is 0.220 e. The Morgan fingerprint density at radius 2 is 1.30 bits per heavy atom. The van der Waals surface area contributed by atoms with Crippen LogP contribution >= 0.6 is 0 Å². The molecule has 1 aliphatic heterocycles. The number of hydrogen-bond donors (Lipinski definition) is 6. The van der Waals surface area contributed by atoms with Crippen molar-refractivity contribution in [3.8, 4) is 0 Å². The van der Waals surface area contributed by atoms with E-state index in [9.17, 15) is 30.3 Å². The average Bonchev–Trinajstić information content (AvgIpc) is 3.02. The van der Waals surface area contributed by atoms with Crippen LogP contribution in [-0.2, 0) is 14.3 Å². The highest BCUT2D eigenvalue weighted by molar-refractivity contribution is 5.76. The maximum absolute atomic E-state index is 12.7. The van der Waals surface area contributed by atoms with Crippen LogP contribution < -0.4 is 5.32 Å². The molecule has 1 rings (SSSR count). The van der Waals surface area contributed by atoms with Crippen molar-refractivity contribution >= 4 is 5.91 Å². The first-order valence-corrected chi connectivity index (χ1v) is 17.2. The van der Waals surface area contributed by atoms with E-state index in [1.165, 1.54) is 38.5 Å². The standard InChI is InChI=1S/C35H63NO8/c1-3-5-7-9-11-12-13-14-15-16-17-18-19-20-22-24-29(38)28(36-31(39)25-23-21-10-8-6-4-2)27-43-35-34(42)33(41)32(40)30(26-37)44-35/h13-14,17-18,22,24,28-30,32-35,37-38,40-42H,3-12,15-16,19-21,23,25-27H2,1-2H3,(H,36,39)/b14-13+,18-17+,24-22+. The van der Waals surface area contributed by atoms with Crippen molar-refractivity contribution in [1.82, 2.24) is 5.32 Å². The van der Waals surface area contributed by atoms with E-state index in [-0.39, 0.29) is 12.5 Å². The van der Waals surface area contributed by atoms with Crippen LogP contribution in [0.4, 0.5) is 0 Å². The second-order valence-electron chi connectivity index (χ2n) is 11.9. The zero-order chi connectivity index (χ0) is 32.4. The molecule has 0 aliphatic carbocycles. The first-order valence-electron chi connectivity index (χ1n) is 17.2. The van der Waals surface area contributed by atoms with Crippen molar-refractivity contribution in [3.05, 3.63) is 36.5 Å². The minimum Gasteiger partial charge on any atom is -0.394 e. The van der Waals surface area contributed by atoms with Gasteiger partial charge in [0.05, 0.1) is 25.4 Å². The summed E-state index contributed by atoms with van der Waals surface area (Å²) in [5.41, 5.74) is 0. The van der Waals surface area contributed by atoms with Crippen LogP contribution in [0.1, 0.15) is 123 Å². The molecule has 0 spiro atoms. The Bertz CT molecular complexity index is 787. The summed E-state index contributed by atoms with van der Waals surface area (Å²) in [6.07, 6.45) is 22.2. The number of carbonyl (C=O) groups excluding carboxylic acids is 1. The van der Waals surface area contributed by atoms with E-state index in [4.69, 9.17) is 9.47 Å². The zero-order valence-corrected chi connectivity index (χ0v) is 27.4. The first-order chi connectivity index (χ1) is 21.3. The summed E-state index contributed by atoms with van der Waals surface area (Å²) in [7, 11) is 0. The molecule has 256 valence electrons. The Kier molecular flexibility index (Phi) is 24.5. The third kappa shape index (κ3) is 18.4. The number of ether oxygens (including phenoxy) is 2. The van der Waals surface area contributed by atoms with Crippen molar-refractivity contribution in [3.63, 3.8) is 0 Å². The highest BCUT2D eigenvalue weighted by atomic mass is 16.7. The molecule has 9 heteroatoms. The number of hydrogen-bond acceptors (Lipinski definition) is 8. The van der Waals surface area contributed by atoms with E-state index in [2.05, 4.69) is 43.5 Å². The number of unbranched alkanes of at least 4 members (excludes halogenated alkanes) is 12. The van der Waals surface area contributed by atoms with Gasteiger partial charge in [-0.25, -0.2) is 0 Å². The molecule has 1 heterocycles. The summed E-state index contributed by atoms with van der Waals surface area (Å²) in [5, 5.41) is 53.5. The van der Waals surface area contributed by atoms with E-state index in [0.717, 1.165) is 64.2 Å². The van der Waals surface area contributed by atoms with Gasteiger partial charge in [0.25, 0.3) is 0 Å². The number of aliphatic hydroxyl groups excluding tert-OH is 5. The lowest BCUT2D eigenvalue weighted by molar-refractivity contribution is -0.302. The average molecular weight is 626 g/mol. The molecule has 0 bridgehead atoms. The van der Waals surface area contributed by atoms with Crippen molar-refractivity contribution in [2.75, 3.05) is 13.2 Å². The van der Waals surface area contributed by atoms with Crippen LogP contribution in [-0.4, -0.2) is 87.5 Å². The number of amides is 1. The molecule has 1 amide bonds. The Balaban J connectivity index is 2.53. The van der Waals surface area contributed by atoms with Gasteiger partial charge in [0.2, 0.25) is 5.91 Å². The van der Waals surface area contributed by atoms with Gasteiger partial charge in [-0.05, 0) is 44.9 Å². The molecule has 44 heavy (non-hydrogen) atoms. The fourth-order valence-electron chi connectivity index (χ4n) is 5.07. The van der Waals surface area contributed by atoms with E-state index in [1.54, 1.807) is 6.08 Å². The van der Waals surface area contributed by atoms with Crippen LogP contribution in [0, 0.1) is 0 Å². The van der Waals surface area contributed by atoms with Gasteiger partial charge in [0, 0.05) is 6.42 Å². The van der Waals surface area contributed by atoms with Gasteiger partial charge in [0.15, 0.2) is 6.29 Å². The minimum atomic E-state index is -1.57. The number of rotatable bonds is 26. The maximum atomic E-state index is 12.7. The molecule has 0 saturated carbocycles. The first kappa shape index (κ1) is 40.4. The summed E-state index contributed by atoms with van der Waals surface area (Å²) in [5.74, 6) is -0.205. The zero-order valence-electron chi connectivity index (χ0n) is 27.4. The third-order valence-electron chi connectivity index (χ3n) is 7.95. The Hall–Kier alpha value is -1.59. The molecular weight excluding hydrogens is 562 g/mol. The van der Waals surface area contributed by atoms with Gasteiger partial charge < -0.3 is 40.3 Å². The third-order valence-corrected chi connectivity index (χ3v) is 7.95. The summed E-state index contributed by atoms with van der Waals surface area (Å²) < 4.78 is 11.1. The lowest BCUT2D eigenvalue weighted by atomic mass is 9.99. The Labute approximate surface area is 266 Å². The van der Waals surface area contributed by atoms with Crippen LogP contribution in [0.25, 0.3) is 0 Å². The van der Waals surface area contributed by atoms with E-state index in [0.29, 0.717) is 6.42 Å². The molecule has 1 saturated heterocycles. The van der Waals surface area contributed by atoms with Crippen LogP contribution in [0.5, 0.6) is 0 Å². The van der Waals surface area contributed by atoms with Gasteiger partial charge in [-0.2, -0.15) is 0 Å². The summed E-state index contributed by atoms with van der Waals surface area (Å²) >= 11 is 0. The quantitative estimate of drug-likeness (QED) is 0.0582. The van der Waals surface area contributed by atoms with Crippen molar-refractivity contribution in [1.29, 1.82) is 0 Å². The molecular formula is C35H63NO8. The highest BCUT2D eigenvalue weighted by Gasteiger charge is 2.44. The topological polar surface area (TPSA) is 149 Å². The Morgan fingerprint density at radius 1 is 0.750 bits per heavy atom. The minimum absolute atomic E-state index is 0.205. The highest BCUT2D eigenvalue weighted by Crippen LogP contribution is 2.22.